The maximum absolute atomic E-state index is 10.1. The lowest BCUT2D eigenvalue weighted by Crippen LogP contribution is -1.89. The van der Waals surface area contributed by atoms with Crippen LogP contribution in [0, 0.1) is 0 Å². The van der Waals surface area contributed by atoms with Crippen LogP contribution in [0.2, 0.25) is 5.02 Å². The molecule has 1 aromatic carbocycles. The Morgan fingerprint density at radius 2 is 1.83 bits per heavy atom. The highest BCUT2D eigenvalue weighted by atomic mass is 35.5. The van der Waals surface area contributed by atoms with Gasteiger partial charge in [0.2, 0.25) is 0 Å². The molecule has 66 valence electrons. The van der Waals surface area contributed by atoms with E-state index in [9.17, 15) is 4.79 Å². The first-order valence-electron chi connectivity index (χ1n) is 3.54. The predicted molar refractivity (Wildman–Crippen MR) is 51.8 cm³/mol. The quantitative estimate of drug-likeness (QED) is 0.678. The molecule has 0 saturated heterocycles. The number of benzene rings is 1. The van der Waals surface area contributed by atoms with E-state index < -0.39 is 0 Å². The summed E-state index contributed by atoms with van der Waals surface area (Å²) in [6.45, 7) is 0. The SMILES string of the molecule is CNC.O=Cc1ccccc1Cl. The highest BCUT2D eigenvalue weighted by Crippen LogP contribution is 2.11. The Labute approximate surface area is 77.5 Å². The normalized spacial score (nSPS) is 8.25. The third-order valence-corrected chi connectivity index (χ3v) is 1.38. The summed E-state index contributed by atoms with van der Waals surface area (Å²) < 4.78 is 0. The Hall–Kier alpha value is -0.860. The minimum atomic E-state index is 0.507. The first kappa shape index (κ1) is 11.1. The monoisotopic (exact) mass is 185 g/mol. The van der Waals surface area contributed by atoms with Crippen molar-refractivity contribution in [3.8, 4) is 0 Å². The Balaban J connectivity index is 0.000000354. The molecule has 12 heavy (non-hydrogen) atoms. The molecule has 0 aliphatic rings. The van der Waals surface area contributed by atoms with Gasteiger partial charge in [0.15, 0.2) is 6.29 Å². The zero-order valence-corrected chi connectivity index (χ0v) is 7.93. The van der Waals surface area contributed by atoms with E-state index in [0.29, 0.717) is 10.6 Å². The highest BCUT2D eigenvalue weighted by molar-refractivity contribution is 6.32. The summed E-state index contributed by atoms with van der Waals surface area (Å²) in [6, 6.07) is 6.92. The van der Waals surface area contributed by atoms with E-state index in [-0.39, 0.29) is 0 Å². The van der Waals surface area contributed by atoms with E-state index in [1.54, 1.807) is 24.3 Å². The summed E-state index contributed by atoms with van der Waals surface area (Å²) in [4.78, 5) is 10.1. The van der Waals surface area contributed by atoms with Crippen LogP contribution in [0.15, 0.2) is 24.3 Å². The third-order valence-electron chi connectivity index (χ3n) is 1.03. The number of carbonyl (C=O) groups is 1. The van der Waals surface area contributed by atoms with Gasteiger partial charge in [-0.3, -0.25) is 4.79 Å². The van der Waals surface area contributed by atoms with Crippen LogP contribution in [0.25, 0.3) is 0 Å². The summed E-state index contributed by atoms with van der Waals surface area (Å²) in [5.74, 6) is 0. The maximum atomic E-state index is 10.1. The molecular weight excluding hydrogens is 174 g/mol. The van der Waals surface area contributed by atoms with Gasteiger partial charge in [-0.2, -0.15) is 0 Å². The average Bonchev–Trinajstić information content (AvgIpc) is 2.07. The summed E-state index contributed by atoms with van der Waals surface area (Å²) in [7, 11) is 3.75. The third kappa shape index (κ3) is 4.11. The second kappa shape index (κ2) is 6.83. The zero-order valence-electron chi connectivity index (χ0n) is 7.17. The summed E-state index contributed by atoms with van der Waals surface area (Å²) >= 11 is 5.59. The fraction of sp³-hybridized carbons (Fsp3) is 0.222. The van der Waals surface area contributed by atoms with Crippen LogP contribution in [0.4, 0.5) is 0 Å². The van der Waals surface area contributed by atoms with Gasteiger partial charge in [-0.05, 0) is 20.2 Å². The van der Waals surface area contributed by atoms with Gasteiger partial charge in [0.05, 0.1) is 5.02 Å². The number of hydrogen-bond donors (Lipinski definition) is 1. The minimum Gasteiger partial charge on any atom is -0.323 e. The number of rotatable bonds is 1. The molecule has 0 amide bonds. The van der Waals surface area contributed by atoms with Gasteiger partial charge in [0.1, 0.15) is 0 Å². The van der Waals surface area contributed by atoms with Gasteiger partial charge < -0.3 is 5.32 Å². The topological polar surface area (TPSA) is 29.1 Å². The van der Waals surface area contributed by atoms with Crippen molar-refractivity contribution in [2.75, 3.05) is 14.1 Å². The van der Waals surface area contributed by atoms with Crippen molar-refractivity contribution in [3.05, 3.63) is 34.9 Å². The molecule has 0 unspecified atom stereocenters. The molecular formula is C9H12ClNO. The number of hydrogen-bond acceptors (Lipinski definition) is 2. The van der Waals surface area contributed by atoms with Gasteiger partial charge in [-0.15, -0.1) is 0 Å². The van der Waals surface area contributed by atoms with Crippen LogP contribution >= 0.6 is 11.6 Å². The number of halogens is 1. The second-order valence-electron chi connectivity index (χ2n) is 2.14. The lowest BCUT2D eigenvalue weighted by Gasteiger charge is -1.90. The van der Waals surface area contributed by atoms with Crippen LogP contribution in [-0.2, 0) is 0 Å². The van der Waals surface area contributed by atoms with E-state index in [1.807, 2.05) is 14.1 Å². The highest BCUT2D eigenvalue weighted by Gasteiger charge is 1.92. The van der Waals surface area contributed by atoms with E-state index in [1.165, 1.54) is 0 Å². The van der Waals surface area contributed by atoms with Crippen molar-refractivity contribution in [3.63, 3.8) is 0 Å². The van der Waals surface area contributed by atoms with E-state index in [4.69, 9.17) is 11.6 Å². The largest absolute Gasteiger partial charge is 0.323 e. The number of nitrogens with one attached hydrogen (secondary N) is 1. The molecule has 0 radical (unpaired) electrons. The molecule has 1 N–H and O–H groups in total. The molecule has 0 heterocycles. The van der Waals surface area contributed by atoms with Gasteiger partial charge >= 0.3 is 0 Å². The Bertz CT molecular complexity index is 238. The molecule has 0 aliphatic heterocycles. The lowest BCUT2D eigenvalue weighted by atomic mass is 10.2. The molecule has 1 rings (SSSR count). The standard InChI is InChI=1S/C7H5ClO.C2H7N/c8-7-4-2-1-3-6(7)5-9;1-3-2/h1-5H;3H,1-2H3. The second-order valence-corrected chi connectivity index (χ2v) is 2.55. The van der Waals surface area contributed by atoms with Crippen LogP contribution < -0.4 is 5.32 Å². The van der Waals surface area contributed by atoms with Gasteiger partial charge in [-0.25, -0.2) is 0 Å². The molecule has 0 aliphatic carbocycles. The average molecular weight is 186 g/mol. The molecule has 0 atom stereocenters. The van der Waals surface area contributed by atoms with E-state index >= 15 is 0 Å². The van der Waals surface area contributed by atoms with Gasteiger partial charge in [0.25, 0.3) is 0 Å². The number of aldehydes is 1. The first-order chi connectivity index (χ1) is 5.76. The van der Waals surface area contributed by atoms with Crippen LogP contribution in [0.1, 0.15) is 10.4 Å². The molecule has 1 aromatic rings. The molecule has 0 aromatic heterocycles. The Morgan fingerprint density at radius 1 is 1.33 bits per heavy atom. The fourth-order valence-electron chi connectivity index (χ4n) is 0.571. The van der Waals surface area contributed by atoms with Gasteiger partial charge in [0, 0.05) is 5.56 Å². The smallest absolute Gasteiger partial charge is 0.151 e. The van der Waals surface area contributed by atoms with Gasteiger partial charge in [-0.1, -0.05) is 29.8 Å². The van der Waals surface area contributed by atoms with Crippen molar-refractivity contribution in [2.24, 2.45) is 0 Å². The molecule has 0 saturated carbocycles. The summed E-state index contributed by atoms with van der Waals surface area (Å²) in [5, 5.41) is 3.26. The molecule has 0 spiro atoms. The van der Waals surface area contributed by atoms with E-state index in [2.05, 4.69) is 5.32 Å². The zero-order chi connectivity index (χ0) is 9.40. The fourth-order valence-corrected chi connectivity index (χ4v) is 0.751. The van der Waals surface area contributed by atoms with Crippen molar-refractivity contribution < 1.29 is 4.79 Å². The molecule has 0 fully saturated rings. The predicted octanol–water partition coefficient (Wildman–Crippen LogP) is 1.99. The van der Waals surface area contributed by atoms with Crippen molar-refractivity contribution in [1.29, 1.82) is 0 Å². The maximum Gasteiger partial charge on any atom is 0.151 e. The van der Waals surface area contributed by atoms with Crippen molar-refractivity contribution in [1.82, 2.24) is 5.32 Å². The van der Waals surface area contributed by atoms with Crippen LogP contribution in [-0.4, -0.2) is 20.4 Å². The Morgan fingerprint density at radius 3 is 2.17 bits per heavy atom. The van der Waals surface area contributed by atoms with Crippen molar-refractivity contribution >= 4 is 17.9 Å². The number of carbonyl (C=O) groups excluding carboxylic acids is 1. The minimum absolute atomic E-state index is 0.507. The lowest BCUT2D eigenvalue weighted by molar-refractivity contribution is 0.112. The van der Waals surface area contributed by atoms with Crippen molar-refractivity contribution in [2.45, 2.75) is 0 Å². The summed E-state index contributed by atoms with van der Waals surface area (Å²) in [5.41, 5.74) is 0.541. The molecule has 3 heteroatoms. The van der Waals surface area contributed by atoms with Crippen LogP contribution in [0.5, 0.6) is 0 Å². The van der Waals surface area contributed by atoms with E-state index in [0.717, 1.165) is 6.29 Å². The molecule has 0 bridgehead atoms. The molecule has 2 nitrogen and oxygen atoms in total. The Kier molecular flexibility index (Phi) is 6.34. The first-order valence-corrected chi connectivity index (χ1v) is 3.92. The summed E-state index contributed by atoms with van der Waals surface area (Å²) in [6.07, 6.45) is 0.738. The van der Waals surface area contributed by atoms with Crippen LogP contribution in [0.3, 0.4) is 0 Å².